The van der Waals surface area contributed by atoms with E-state index in [1.807, 2.05) is 32.9 Å². The van der Waals surface area contributed by atoms with Crippen LogP contribution in [-0.4, -0.2) is 46.6 Å². The zero-order chi connectivity index (χ0) is 28.2. The fourth-order valence-electron chi connectivity index (χ4n) is 4.19. The van der Waals surface area contributed by atoms with Crippen molar-refractivity contribution in [2.45, 2.75) is 45.3 Å². The third-order valence-corrected chi connectivity index (χ3v) is 6.64. The van der Waals surface area contributed by atoms with Gasteiger partial charge < -0.3 is 14.8 Å². The van der Waals surface area contributed by atoms with Crippen molar-refractivity contribution < 1.29 is 23.5 Å². The van der Waals surface area contributed by atoms with Crippen molar-refractivity contribution in [3.05, 3.63) is 78.1 Å². The molecular weight excluding hydrogens is 501 g/mol. The molecule has 0 fully saturated rings. The second-order valence-corrected chi connectivity index (χ2v) is 9.72. The van der Waals surface area contributed by atoms with Crippen LogP contribution in [0.1, 0.15) is 38.8 Å². The summed E-state index contributed by atoms with van der Waals surface area (Å²) in [6.45, 7) is 5.41. The van der Waals surface area contributed by atoms with Crippen LogP contribution in [0.25, 0.3) is 11.0 Å². The number of hydrogen-bond acceptors (Lipinski definition) is 6. The molecule has 0 saturated heterocycles. The molecular formula is C29H32FN5O4. The van der Waals surface area contributed by atoms with E-state index in [0.717, 1.165) is 0 Å². The maximum atomic E-state index is 15.3. The number of para-hydroxylation sites is 1. The monoisotopic (exact) mass is 533 g/mol. The average Bonchev–Trinajstić information content (AvgIpc) is 3.34. The lowest BCUT2D eigenvalue weighted by atomic mass is 9.97. The summed E-state index contributed by atoms with van der Waals surface area (Å²) >= 11 is 0. The first-order chi connectivity index (χ1) is 18.7. The van der Waals surface area contributed by atoms with Gasteiger partial charge in [-0.3, -0.25) is 14.5 Å². The summed E-state index contributed by atoms with van der Waals surface area (Å²) in [6.07, 6.45) is 0.620. The fourth-order valence-corrected chi connectivity index (χ4v) is 4.19. The first-order valence-corrected chi connectivity index (χ1v) is 12.6. The second-order valence-electron chi connectivity index (χ2n) is 9.72. The minimum absolute atomic E-state index is 0.0421. The summed E-state index contributed by atoms with van der Waals surface area (Å²) in [5.41, 5.74) is 0.989. The van der Waals surface area contributed by atoms with Crippen molar-refractivity contribution in [1.29, 1.82) is 0 Å². The molecule has 9 nitrogen and oxygen atoms in total. The van der Waals surface area contributed by atoms with Crippen molar-refractivity contribution in [2.75, 3.05) is 19.1 Å². The van der Waals surface area contributed by atoms with Gasteiger partial charge in [0.1, 0.15) is 35.4 Å². The van der Waals surface area contributed by atoms with Crippen LogP contribution in [0.3, 0.4) is 0 Å². The number of carbonyl (C=O) groups excluding carboxylic acids is 2. The number of halogens is 1. The number of aromatic nitrogens is 3. The van der Waals surface area contributed by atoms with Crippen LogP contribution in [0, 0.1) is 5.82 Å². The van der Waals surface area contributed by atoms with E-state index in [0.29, 0.717) is 34.6 Å². The Hall–Kier alpha value is -4.47. The molecule has 204 valence electrons. The number of ether oxygens (including phenoxy) is 2. The molecule has 1 heterocycles. The van der Waals surface area contributed by atoms with Crippen LogP contribution in [-0.2, 0) is 16.1 Å². The van der Waals surface area contributed by atoms with Gasteiger partial charge in [0.2, 0.25) is 11.8 Å². The summed E-state index contributed by atoms with van der Waals surface area (Å²) in [5, 5.41) is 11.3. The van der Waals surface area contributed by atoms with E-state index in [-0.39, 0.29) is 12.1 Å². The Morgan fingerprint density at radius 2 is 1.67 bits per heavy atom. The number of amides is 2. The van der Waals surface area contributed by atoms with E-state index >= 15 is 4.39 Å². The first kappa shape index (κ1) is 27.6. The molecule has 4 aromatic rings. The summed E-state index contributed by atoms with van der Waals surface area (Å²) < 4.78 is 27.7. The van der Waals surface area contributed by atoms with Crippen LogP contribution in [0.5, 0.6) is 11.5 Å². The number of methoxy groups -OCH3 is 2. The molecule has 0 spiro atoms. The number of benzene rings is 3. The maximum absolute atomic E-state index is 15.3. The van der Waals surface area contributed by atoms with Crippen LogP contribution in [0.15, 0.2) is 66.7 Å². The largest absolute Gasteiger partial charge is 0.497 e. The molecule has 0 aliphatic heterocycles. The molecule has 39 heavy (non-hydrogen) atoms. The van der Waals surface area contributed by atoms with Gasteiger partial charge in [-0.15, -0.1) is 5.10 Å². The van der Waals surface area contributed by atoms with Crippen molar-refractivity contribution in [1.82, 2.24) is 20.3 Å². The van der Waals surface area contributed by atoms with E-state index in [4.69, 9.17) is 9.47 Å². The van der Waals surface area contributed by atoms with Crippen molar-refractivity contribution in [3.63, 3.8) is 0 Å². The average molecular weight is 534 g/mol. The van der Waals surface area contributed by atoms with Crippen LogP contribution < -0.4 is 19.7 Å². The Balaban J connectivity index is 1.90. The number of rotatable bonds is 10. The van der Waals surface area contributed by atoms with E-state index in [1.165, 1.54) is 42.0 Å². The van der Waals surface area contributed by atoms with Gasteiger partial charge in [0.15, 0.2) is 0 Å². The van der Waals surface area contributed by atoms with Crippen molar-refractivity contribution in [2.24, 2.45) is 0 Å². The van der Waals surface area contributed by atoms with E-state index in [9.17, 15) is 9.59 Å². The number of fused-ring (bicyclic) bond motifs is 1. The highest BCUT2D eigenvalue weighted by atomic mass is 19.1. The molecule has 4 rings (SSSR count). The number of carbonyl (C=O) groups is 2. The predicted molar refractivity (Wildman–Crippen MR) is 146 cm³/mol. The first-order valence-electron chi connectivity index (χ1n) is 12.6. The van der Waals surface area contributed by atoms with Gasteiger partial charge >= 0.3 is 0 Å². The molecule has 3 aromatic carbocycles. The highest BCUT2D eigenvalue weighted by Gasteiger charge is 2.37. The second kappa shape index (κ2) is 11.5. The highest BCUT2D eigenvalue weighted by Crippen LogP contribution is 2.35. The van der Waals surface area contributed by atoms with Crippen LogP contribution >= 0.6 is 0 Å². The summed E-state index contributed by atoms with van der Waals surface area (Å²) in [7, 11) is 2.97. The Morgan fingerprint density at radius 1 is 1.03 bits per heavy atom. The molecule has 1 N–H and O–H groups in total. The molecule has 0 aliphatic rings. The summed E-state index contributed by atoms with van der Waals surface area (Å²) in [5.74, 6) is -0.875. The lowest BCUT2D eigenvalue weighted by molar-refractivity contribution is -0.128. The van der Waals surface area contributed by atoms with Crippen molar-refractivity contribution >= 4 is 28.5 Å². The number of nitrogens with one attached hydrogen (secondary N) is 1. The zero-order valence-corrected chi connectivity index (χ0v) is 22.6. The summed E-state index contributed by atoms with van der Waals surface area (Å²) in [4.78, 5) is 29.4. The molecule has 1 aromatic heterocycles. The van der Waals surface area contributed by atoms with Crippen molar-refractivity contribution in [3.8, 4) is 11.5 Å². The van der Waals surface area contributed by atoms with Gasteiger partial charge in [-0.1, -0.05) is 42.5 Å². The maximum Gasteiger partial charge on any atom is 0.249 e. The molecule has 10 heteroatoms. The predicted octanol–water partition coefficient (Wildman–Crippen LogP) is 4.67. The van der Waals surface area contributed by atoms with Gasteiger partial charge in [-0.2, -0.15) is 0 Å². The Labute approximate surface area is 226 Å². The lowest BCUT2D eigenvalue weighted by Crippen LogP contribution is -2.51. The standard InChI is InChI=1S/C29H32FN5O4/c1-6-29(2,3)31-28(37)27(22-11-7-8-12-23(22)30)35(19-15-20(38-4)17-21(16-19)39-5)26(36)18-34-25-14-10-9-13-24(25)32-33-34/h7-17,27H,6,18H2,1-5H3,(H,31,37)/t27-/m1/s1. The summed E-state index contributed by atoms with van der Waals surface area (Å²) in [6, 6.07) is 16.7. The molecule has 0 bridgehead atoms. The fraction of sp³-hybridized carbons (Fsp3) is 0.310. The minimum Gasteiger partial charge on any atom is -0.497 e. The van der Waals surface area contributed by atoms with E-state index in [1.54, 1.807) is 36.4 Å². The lowest BCUT2D eigenvalue weighted by Gasteiger charge is -2.35. The number of hydrogen-bond donors (Lipinski definition) is 1. The molecule has 0 aliphatic carbocycles. The molecule has 0 radical (unpaired) electrons. The van der Waals surface area contributed by atoms with Gasteiger partial charge in [-0.05, 0) is 38.5 Å². The van der Waals surface area contributed by atoms with Gasteiger partial charge in [-0.25, -0.2) is 9.07 Å². The Morgan fingerprint density at radius 3 is 2.31 bits per heavy atom. The van der Waals surface area contributed by atoms with Crippen LogP contribution in [0.2, 0.25) is 0 Å². The molecule has 2 amide bonds. The number of anilines is 1. The van der Waals surface area contributed by atoms with Gasteiger partial charge in [0, 0.05) is 29.3 Å². The Kier molecular flexibility index (Phi) is 8.13. The third kappa shape index (κ3) is 6.00. The molecule has 0 saturated carbocycles. The quantitative estimate of drug-likeness (QED) is 0.318. The minimum atomic E-state index is -1.35. The highest BCUT2D eigenvalue weighted by molar-refractivity contribution is 6.02. The SMILES string of the molecule is CCC(C)(C)NC(=O)[C@@H](c1ccccc1F)N(C(=O)Cn1nnc2ccccc21)c1cc(OC)cc(OC)c1. The normalized spacial score (nSPS) is 12.2. The molecule has 0 unspecified atom stereocenters. The Bertz CT molecular complexity index is 1460. The smallest absolute Gasteiger partial charge is 0.249 e. The van der Waals surface area contributed by atoms with Gasteiger partial charge in [0.25, 0.3) is 0 Å². The van der Waals surface area contributed by atoms with E-state index < -0.39 is 29.2 Å². The zero-order valence-electron chi connectivity index (χ0n) is 22.6. The van der Waals surface area contributed by atoms with Crippen LogP contribution in [0.4, 0.5) is 10.1 Å². The molecule has 1 atom stereocenters. The number of nitrogens with zero attached hydrogens (tertiary/aromatic N) is 4. The van der Waals surface area contributed by atoms with E-state index in [2.05, 4.69) is 15.6 Å². The third-order valence-electron chi connectivity index (χ3n) is 6.64. The topological polar surface area (TPSA) is 98.6 Å². The van der Waals surface area contributed by atoms with Gasteiger partial charge in [0.05, 0.1) is 25.4 Å².